The number of amides is 2. The second kappa shape index (κ2) is 2.79. The van der Waals surface area contributed by atoms with Gasteiger partial charge in [-0.3, -0.25) is 9.59 Å². The van der Waals surface area contributed by atoms with E-state index in [0.717, 1.165) is 0 Å². The maximum atomic E-state index is 13.8. The van der Waals surface area contributed by atoms with Crippen LogP contribution in [-0.2, 0) is 5.79 Å². The molecule has 3 N–H and O–H groups in total. The molecule has 2 rings (SSSR count). The van der Waals surface area contributed by atoms with Crippen LogP contribution >= 0.6 is 0 Å². The van der Waals surface area contributed by atoms with Crippen molar-refractivity contribution in [3.8, 4) is 0 Å². The van der Waals surface area contributed by atoms with Gasteiger partial charge in [-0.05, 0) is 13.0 Å². The smallest absolute Gasteiger partial charge is 0.255 e. The Kier molecular flexibility index (Phi) is 1.79. The predicted octanol–water partition coefficient (Wildman–Crippen LogP) is 0.671. The van der Waals surface area contributed by atoms with Crippen molar-refractivity contribution in [2.45, 2.75) is 12.7 Å². The van der Waals surface area contributed by atoms with Gasteiger partial charge < -0.3 is 11.1 Å². The van der Waals surface area contributed by atoms with E-state index in [1.807, 2.05) is 0 Å². The van der Waals surface area contributed by atoms with Crippen molar-refractivity contribution in [2.24, 2.45) is 5.73 Å². The van der Waals surface area contributed by atoms with Crippen LogP contribution in [0.5, 0.6) is 0 Å². The van der Waals surface area contributed by atoms with Gasteiger partial charge in [0, 0.05) is 5.56 Å². The summed E-state index contributed by atoms with van der Waals surface area (Å²) < 4.78 is 13.8. The lowest BCUT2D eigenvalue weighted by Gasteiger charge is -2.13. The number of nitrogens with two attached hydrogens (primary N) is 1. The third kappa shape index (κ3) is 1.27. The number of halogens is 1. The van der Waals surface area contributed by atoms with Gasteiger partial charge in [-0.2, -0.15) is 0 Å². The van der Waals surface area contributed by atoms with Crippen LogP contribution in [-0.4, -0.2) is 11.8 Å². The van der Waals surface area contributed by atoms with E-state index in [-0.39, 0.29) is 16.7 Å². The van der Waals surface area contributed by atoms with Crippen molar-refractivity contribution < 1.29 is 14.0 Å². The van der Waals surface area contributed by atoms with Crippen LogP contribution in [0.2, 0.25) is 0 Å². The van der Waals surface area contributed by atoms with Gasteiger partial charge in [0.2, 0.25) is 11.7 Å². The van der Waals surface area contributed by atoms with E-state index in [9.17, 15) is 14.0 Å². The van der Waals surface area contributed by atoms with Crippen LogP contribution in [0.3, 0.4) is 0 Å². The summed E-state index contributed by atoms with van der Waals surface area (Å²) >= 11 is 0. The molecule has 0 saturated carbocycles. The predicted molar refractivity (Wildman–Crippen MR) is 50.9 cm³/mol. The Morgan fingerprint density at radius 1 is 1.53 bits per heavy atom. The summed E-state index contributed by atoms with van der Waals surface area (Å²) in [4.78, 5) is 22.5. The minimum Gasteiger partial charge on any atom is -0.366 e. The van der Waals surface area contributed by atoms with Gasteiger partial charge in [0.05, 0.1) is 11.1 Å². The van der Waals surface area contributed by atoms with Crippen molar-refractivity contribution >= 4 is 11.8 Å². The van der Waals surface area contributed by atoms with Crippen molar-refractivity contribution in [1.29, 1.82) is 0 Å². The maximum Gasteiger partial charge on any atom is 0.255 e. The molecule has 1 unspecified atom stereocenters. The molecule has 1 atom stereocenters. The number of carbonyl (C=O) groups is 2. The first-order valence-corrected chi connectivity index (χ1v) is 4.38. The van der Waals surface area contributed by atoms with E-state index in [1.54, 1.807) is 0 Å². The molecule has 5 heteroatoms. The van der Waals surface area contributed by atoms with E-state index in [0.29, 0.717) is 0 Å². The summed E-state index contributed by atoms with van der Waals surface area (Å²) in [6, 6.07) is 4.36. The maximum absolute atomic E-state index is 13.8. The molecule has 0 bridgehead atoms. The average molecular weight is 208 g/mol. The molecule has 1 aliphatic rings. The number of benzene rings is 1. The molecule has 1 heterocycles. The van der Waals surface area contributed by atoms with Gasteiger partial charge in [0.25, 0.3) is 5.91 Å². The van der Waals surface area contributed by atoms with Crippen LogP contribution in [0.4, 0.5) is 4.39 Å². The van der Waals surface area contributed by atoms with Crippen molar-refractivity contribution in [2.75, 3.05) is 0 Å². The quantitative estimate of drug-likeness (QED) is 0.666. The minimum absolute atomic E-state index is 0.0370. The largest absolute Gasteiger partial charge is 0.366 e. The fourth-order valence-corrected chi connectivity index (χ4v) is 1.74. The van der Waals surface area contributed by atoms with Gasteiger partial charge in [0.15, 0.2) is 0 Å². The standard InChI is InChI=1S/C10H9FN2O2/c1-10(11)6-4-2-3-5(8(12)14)7(6)9(15)13-10/h2-4H,1H3,(H2,12,14)(H,13,15). The molecule has 2 amide bonds. The molecule has 1 aliphatic heterocycles. The number of primary amides is 1. The fourth-order valence-electron chi connectivity index (χ4n) is 1.74. The summed E-state index contributed by atoms with van der Waals surface area (Å²) in [7, 11) is 0. The lowest BCUT2D eigenvalue weighted by Crippen LogP contribution is -2.31. The van der Waals surface area contributed by atoms with Crippen molar-refractivity contribution in [3.63, 3.8) is 0 Å². The zero-order valence-electron chi connectivity index (χ0n) is 8.00. The van der Waals surface area contributed by atoms with E-state index >= 15 is 0 Å². The fraction of sp³-hybridized carbons (Fsp3) is 0.200. The molecule has 0 spiro atoms. The molecule has 0 aliphatic carbocycles. The van der Waals surface area contributed by atoms with Crippen LogP contribution in [0.1, 0.15) is 33.2 Å². The van der Waals surface area contributed by atoms with Gasteiger partial charge in [-0.25, -0.2) is 4.39 Å². The first-order chi connectivity index (χ1) is 6.93. The number of fused-ring (bicyclic) bond motifs is 1. The van der Waals surface area contributed by atoms with Gasteiger partial charge in [-0.1, -0.05) is 12.1 Å². The Hall–Kier alpha value is -1.91. The molecule has 1 aromatic carbocycles. The SMILES string of the molecule is CC1(F)NC(=O)c2c(C(N)=O)cccc21. The second-order valence-corrected chi connectivity index (χ2v) is 3.55. The number of alkyl halides is 1. The normalized spacial score (nSPS) is 23.5. The topological polar surface area (TPSA) is 72.2 Å². The Bertz CT molecular complexity index is 468. The molecule has 78 valence electrons. The van der Waals surface area contributed by atoms with Crippen LogP contribution in [0.15, 0.2) is 18.2 Å². The zero-order chi connectivity index (χ0) is 11.2. The molecule has 0 saturated heterocycles. The third-order valence-corrected chi connectivity index (χ3v) is 2.41. The Balaban J connectivity index is 2.73. The lowest BCUT2D eigenvalue weighted by atomic mass is 9.99. The Labute approximate surface area is 85.3 Å². The Morgan fingerprint density at radius 2 is 2.20 bits per heavy atom. The highest BCUT2D eigenvalue weighted by molar-refractivity contribution is 6.09. The number of hydrogen-bond donors (Lipinski definition) is 2. The number of nitrogens with one attached hydrogen (secondary N) is 1. The molecule has 0 aromatic heterocycles. The van der Waals surface area contributed by atoms with E-state index in [4.69, 9.17) is 5.73 Å². The van der Waals surface area contributed by atoms with Gasteiger partial charge in [-0.15, -0.1) is 0 Å². The van der Waals surface area contributed by atoms with Crippen molar-refractivity contribution in [3.05, 3.63) is 34.9 Å². The van der Waals surface area contributed by atoms with Crippen LogP contribution in [0, 0.1) is 0 Å². The summed E-state index contributed by atoms with van der Waals surface area (Å²) in [5, 5.41) is 2.14. The first-order valence-electron chi connectivity index (χ1n) is 4.38. The zero-order valence-corrected chi connectivity index (χ0v) is 8.00. The first kappa shape index (κ1) is 9.64. The monoisotopic (exact) mass is 208 g/mol. The van der Waals surface area contributed by atoms with E-state index < -0.39 is 17.6 Å². The molecular formula is C10H9FN2O2. The summed E-state index contributed by atoms with van der Waals surface area (Å²) in [6.07, 6.45) is 0. The summed E-state index contributed by atoms with van der Waals surface area (Å²) in [5.41, 5.74) is 5.34. The molecule has 15 heavy (non-hydrogen) atoms. The third-order valence-electron chi connectivity index (χ3n) is 2.41. The Morgan fingerprint density at radius 3 is 2.80 bits per heavy atom. The summed E-state index contributed by atoms with van der Waals surface area (Å²) in [5.74, 6) is -3.28. The minimum atomic E-state index is -1.93. The molecule has 4 nitrogen and oxygen atoms in total. The van der Waals surface area contributed by atoms with E-state index in [2.05, 4.69) is 5.32 Å². The highest BCUT2D eigenvalue weighted by atomic mass is 19.1. The molecule has 0 fully saturated rings. The highest BCUT2D eigenvalue weighted by Crippen LogP contribution is 2.33. The molecule has 0 radical (unpaired) electrons. The lowest BCUT2D eigenvalue weighted by molar-refractivity contribution is 0.0826. The van der Waals surface area contributed by atoms with Gasteiger partial charge in [0.1, 0.15) is 0 Å². The summed E-state index contributed by atoms with van der Waals surface area (Å²) in [6.45, 7) is 1.22. The highest BCUT2D eigenvalue weighted by Gasteiger charge is 2.41. The average Bonchev–Trinajstić information content (AvgIpc) is 2.37. The van der Waals surface area contributed by atoms with E-state index in [1.165, 1.54) is 25.1 Å². The van der Waals surface area contributed by atoms with Gasteiger partial charge >= 0.3 is 0 Å². The second-order valence-electron chi connectivity index (χ2n) is 3.55. The number of carbonyl (C=O) groups excluding carboxylic acids is 2. The van der Waals surface area contributed by atoms with Crippen LogP contribution in [0.25, 0.3) is 0 Å². The van der Waals surface area contributed by atoms with Crippen LogP contribution < -0.4 is 11.1 Å². The number of rotatable bonds is 1. The number of hydrogen-bond acceptors (Lipinski definition) is 2. The molecular weight excluding hydrogens is 199 g/mol. The molecule has 1 aromatic rings. The van der Waals surface area contributed by atoms with Crippen molar-refractivity contribution in [1.82, 2.24) is 5.32 Å².